The van der Waals surface area contributed by atoms with Gasteiger partial charge in [0, 0.05) is 5.38 Å². The highest BCUT2D eigenvalue weighted by atomic mass is 32.1. The van der Waals surface area contributed by atoms with Crippen molar-refractivity contribution >= 4 is 41.2 Å². The van der Waals surface area contributed by atoms with Crippen molar-refractivity contribution < 1.29 is 62.7 Å². The maximum Gasteiger partial charge on any atom is 0.392 e. The molecule has 44 heavy (non-hydrogen) atoms. The van der Waals surface area contributed by atoms with Gasteiger partial charge in [-0.2, -0.15) is 24.5 Å². The van der Waals surface area contributed by atoms with Crippen molar-refractivity contribution in [2.24, 2.45) is 23.7 Å². The lowest BCUT2D eigenvalue weighted by Gasteiger charge is -2.11. The molecule has 1 aromatic rings. The number of carboxylic acid groups (broad SMARTS) is 5. The van der Waals surface area contributed by atoms with Gasteiger partial charge in [-0.05, 0) is 43.6 Å². The minimum absolute atomic E-state index is 0.0185. The van der Waals surface area contributed by atoms with Crippen LogP contribution in [0.15, 0.2) is 16.8 Å². The van der Waals surface area contributed by atoms with E-state index in [4.69, 9.17) is 25.5 Å². The van der Waals surface area contributed by atoms with E-state index in [-0.39, 0.29) is 17.8 Å². The Morgan fingerprint density at radius 1 is 0.818 bits per heavy atom. The van der Waals surface area contributed by atoms with E-state index >= 15 is 0 Å². The number of alkyl halides is 3. The predicted molar refractivity (Wildman–Crippen MR) is 159 cm³/mol. The quantitative estimate of drug-likeness (QED) is 0.172. The molecule has 3 rings (SSSR count). The molecule has 2 aliphatic rings. The van der Waals surface area contributed by atoms with E-state index in [9.17, 15) is 37.1 Å². The van der Waals surface area contributed by atoms with Crippen LogP contribution in [0.4, 0.5) is 13.2 Å². The first-order valence-corrected chi connectivity index (χ1v) is 15.6. The summed E-state index contributed by atoms with van der Waals surface area (Å²) in [6.45, 7) is 4.55. The molecule has 0 spiro atoms. The van der Waals surface area contributed by atoms with Crippen molar-refractivity contribution in [1.82, 2.24) is 0 Å². The van der Waals surface area contributed by atoms with Crippen molar-refractivity contribution in [2.75, 3.05) is 0 Å². The van der Waals surface area contributed by atoms with E-state index in [0.717, 1.165) is 71.1 Å². The Morgan fingerprint density at radius 3 is 1.45 bits per heavy atom. The number of hydrogen-bond donors (Lipinski definition) is 5. The zero-order chi connectivity index (χ0) is 34.3. The standard InChI is InChI=1S/C8H14O2.C6H10O2.C6H12O2.C5H7F3O2.C5H4O2S/c9-8(10)7-5-3-1-2-4-6-7;7-6(8)5-3-1-2-4-5;1-3-4-5(2)6(7)8;1-3(2-4(9)10)5(6,7)8;6-5(7)4-1-2-8-3-4/h7H,1-6H2,(H,9,10);5H,1-4H2,(H,7,8);5H,3-4H2,1-2H3,(H,7,8);3H,2H2,1H3,(H,9,10);1-3H,(H,6,7). The molecule has 14 heteroatoms. The SMILES string of the molecule is CC(CC(=O)O)C(F)(F)F.CCCC(C)C(=O)O.O=C(O)C1CCCC1.O=C(O)C1CCCCCC1.O=C(O)c1ccsc1. The normalized spacial score (nSPS) is 16.3. The molecular formula is C30H47F3O10S. The van der Waals surface area contributed by atoms with Gasteiger partial charge in [0.15, 0.2) is 0 Å². The molecule has 0 saturated heterocycles. The van der Waals surface area contributed by atoms with Gasteiger partial charge < -0.3 is 25.5 Å². The second-order valence-electron chi connectivity index (χ2n) is 10.7. The summed E-state index contributed by atoms with van der Waals surface area (Å²) >= 11 is 1.39. The first-order valence-electron chi connectivity index (χ1n) is 14.7. The molecule has 2 atom stereocenters. The fourth-order valence-electron chi connectivity index (χ4n) is 4.02. The third-order valence-electron chi connectivity index (χ3n) is 6.86. The average molecular weight is 657 g/mol. The van der Waals surface area contributed by atoms with Crippen LogP contribution in [0.5, 0.6) is 0 Å². The molecular weight excluding hydrogens is 609 g/mol. The van der Waals surface area contributed by atoms with Gasteiger partial charge in [-0.15, -0.1) is 0 Å². The van der Waals surface area contributed by atoms with E-state index in [2.05, 4.69) is 0 Å². The molecule has 2 saturated carbocycles. The highest BCUT2D eigenvalue weighted by Gasteiger charge is 2.37. The number of aromatic carboxylic acids is 1. The molecule has 0 aliphatic heterocycles. The van der Waals surface area contributed by atoms with Crippen molar-refractivity contribution in [1.29, 1.82) is 0 Å². The summed E-state index contributed by atoms with van der Waals surface area (Å²) in [5, 5.41) is 45.0. The van der Waals surface area contributed by atoms with E-state index in [0.29, 0.717) is 5.56 Å². The lowest BCUT2D eigenvalue weighted by Crippen LogP contribution is -2.22. The van der Waals surface area contributed by atoms with Crippen molar-refractivity contribution in [3.63, 3.8) is 0 Å². The summed E-state index contributed by atoms with van der Waals surface area (Å²) in [5.74, 6) is -6.16. The Morgan fingerprint density at radius 2 is 1.25 bits per heavy atom. The molecule has 0 radical (unpaired) electrons. The van der Waals surface area contributed by atoms with Crippen LogP contribution < -0.4 is 0 Å². The van der Waals surface area contributed by atoms with Crippen molar-refractivity contribution in [3.8, 4) is 0 Å². The van der Waals surface area contributed by atoms with Crippen LogP contribution in [0.2, 0.25) is 0 Å². The summed E-state index contributed by atoms with van der Waals surface area (Å²) in [5.41, 5.74) is 0.370. The molecule has 2 unspecified atom stereocenters. The zero-order valence-corrected chi connectivity index (χ0v) is 26.4. The molecule has 0 aromatic carbocycles. The summed E-state index contributed by atoms with van der Waals surface area (Å²) in [6.07, 6.45) is 6.97. The minimum atomic E-state index is -4.39. The maximum absolute atomic E-state index is 11.5. The predicted octanol–water partition coefficient (Wildman–Crippen LogP) is 7.92. The number of thiophene rings is 1. The monoisotopic (exact) mass is 656 g/mol. The smallest absolute Gasteiger partial charge is 0.392 e. The molecule has 2 aliphatic carbocycles. The molecule has 1 aromatic heterocycles. The molecule has 0 amide bonds. The van der Waals surface area contributed by atoms with Crippen LogP contribution in [-0.2, 0) is 19.2 Å². The maximum atomic E-state index is 11.5. The van der Waals surface area contributed by atoms with E-state index in [1.165, 1.54) is 24.2 Å². The van der Waals surface area contributed by atoms with Crippen LogP contribution in [0.1, 0.15) is 115 Å². The minimum Gasteiger partial charge on any atom is -0.481 e. The first kappa shape index (κ1) is 43.0. The highest BCUT2D eigenvalue weighted by Crippen LogP contribution is 2.28. The number of halogens is 3. The number of carbonyl (C=O) groups is 5. The fourth-order valence-corrected chi connectivity index (χ4v) is 4.65. The Balaban J connectivity index is 0. The van der Waals surface area contributed by atoms with Gasteiger partial charge in [0.2, 0.25) is 0 Å². The van der Waals surface area contributed by atoms with Gasteiger partial charge in [0.25, 0.3) is 0 Å². The van der Waals surface area contributed by atoms with E-state index < -0.39 is 48.4 Å². The molecule has 5 N–H and O–H groups in total. The van der Waals surface area contributed by atoms with Gasteiger partial charge in [0.1, 0.15) is 0 Å². The number of carboxylic acids is 5. The average Bonchev–Trinajstić information content (AvgIpc) is 3.60. The van der Waals surface area contributed by atoms with Gasteiger partial charge in [-0.1, -0.05) is 65.7 Å². The van der Waals surface area contributed by atoms with Gasteiger partial charge in [-0.25, -0.2) is 4.79 Å². The van der Waals surface area contributed by atoms with Crippen molar-refractivity contribution in [3.05, 3.63) is 22.4 Å². The van der Waals surface area contributed by atoms with Crippen LogP contribution >= 0.6 is 11.3 Å². The molecule has 0 bridgehead atoms. The summed E-state index contributed by atoms with van der Waals surface area (Å²) in [4.78, 5) is 50.6. The van der Waals surface area contributed by atoms with Crippen LogP contribution in [0, 0.1) is 23.7 Å². The Bertz CT molecular complexity index is 953. The summed E-state index contributed by atoms with van der Waals surface area (Å²) in [7, 11) is 0. The van der Waals surface area contributed by atoms with Crippen LogP contribution in [0.3, 0.4) is 0 Å². The first-order chi connectivity index (χ1) is 20.4. The summed E-state index contributed by atoms with van der Waals surface area (Å²) < 4.78 is 34.6. The van der Waals surface area contributed by atoms with E-state index in [1.807, 2.05) is 6.92 Å². The van der Waals surface area contributed by atoms with E-state index in [1.54, 1.807) is 23.8 Å². The zero-order valence-electron chi connectivity index (χ0n) is 25.6. The Kier molecular flexibility index (Phi) is 23.6. The topological polar surface area (TPSA) is 186 Å². The third-order valence-corrected chi connectivity index (χ3v) is 7.54. The Labute approximate surface area is 260 Å². The van der Waals surface area contributed by atoms with Crippen LogP contribution in [-0.4, -0.2) is 61.6 Å². The summed E-state index contributed by atoms with van der Waals surface area (Å²) in [6, 6.07) is 1.58. The third kappa shape index (κ3) is 23.3. The lowest BCUT2D eigenvalue weighted by atomic mass is 10.0. The highest BCUT2D eigenvalue weighted by molar-refractivity contribution is 7.08. The van der Waals surface area contributed by atoms with Gasteiger partial charge in [-0.3, -0.25) is 19.2 Å². The van der Waals surface area contributed by atoms with Crippen LogP contribution in [0.25, 0.3) is 0 Å². The lowest BCUT2D eigenvalue weighted by molar-refractivity contribution is -0.178. The molecule has 2 fully saturated rings. The van der Waals surface area contributed by atoms with Gasteiger partial charge >= 0.3 is 36.0 Å². The number of hydrogen-bond acceptors (Lipinski definition) is 6. The molecule has 254 valence electrons. The number of aliphatic carboxylic acids is 4. The Hall–Kier alpha value is -3.16. The fraction of sp³-hybridized carbons (Fsp3) is 0.700. The second kappa shape index (κ2) is 24.2. The van der Waals surface area contributed by atoms with Crippen molar-refractivity contribution in [2.45, 2.75) is 110 Å². The largest absolute Gasteiger partial charge is 0.481 e. The second-order valence-corrected chi connectivity index (χ2v) is 11.5. The number of rotatable bonds is 8. The van der Waals surface area contributed by atoms with Gasteiger partial charge in [0.05, 0.1) is 35.7 Å². The molecule has 1 heterocycles. The molecule has 10 nitrogen and oxygen atoms in total.